The Morgan fingerprint density at radius 1 is 1.32 bits per heavy atom. The van der Waals surface area contributed by atoms with Crippen LogP contribution < -0.4 is 5.73 Å². The van der Waals surface area contributed by atoms with E-state index >= 15 is 0 Å². The van der Waals surface area contributed by atoms with Crippen molar-refractivity contribution in [3.63, 3.8) is 0 Å². The Morgan fingerprint density at radius 2 is 1.84 bits per heavy atom. The van der Waals surface area contributed by atoms with Crippen LogP contribution in [0.25, 0.3) is 0 Å². The van der Waals surface area contributed by atoms with Gasteiger partial charge in [0.05, 0.1) is 13.8 Å². The lowest BCUT2D eigenvalue weighted by atomic mass is 10.1. The van der Waals surface area contributed by atoms with Crippen LogP contribution in [-0.2, 0) is 9.53 Å². The van der Waals surface area contributed by atoms with Crippen LogP contribution in [0.2, 0.25) is 0 Å². The maximum Gasteiger partial charge on any atom is 0.327 e. The summed E-state index contributed by atoms with van der Waals surface area (Å²) in [6, 6.07) is 4.70. The molecule has 3 nitrogen and oxygen atoms in total. The molecule has 0 spiro atoms. The third-order valence-corrected chi connectivity index (χ3v) is 1.75. The van der Waals surface area contributed by atoms with Crippen molar-refractivity contribution >= 4 is 5.97 Å². The predicted octanol–water partition coefficient (Wildman–Crippen LogP) is 3.39. The minimum atomic E-state index is -0.911. The molecule has 2 N–H and O–H groups in total. The van der Waals surface area contributed by atoms with Gasteiger partial charge in [0, 0.05) is 0 Å². The zero-order chi connectivity index (χ0) is 15.3. The molecule has 1 atom stereocenters. The van der Waals surface area contributed by atoms with Crippen molar-refractivity contribution in [3.05, 3.63) is 35.6 Å². The summed E-state index contributed by atoms with van der Waals surface area (Å²) in [5.74, 6) is -0.958. The Morgan fingerprint density at radius 3 is 2.26 bits per heavy atom. The average molecular weight is 275 g/mol. The van der Waals surface area contributed by atoms with Crippen LogP contribution in [0.3, 0.4) is 0 Å². The second kappa shape index (κ2) is 13.0. The summed E-state index contributed by atoms with van der Waals surface area (Å²) < 4.78 is 27.0. The lowest BCUT2D eigenvalue weighted by Crippen LogP contribution is -2.23. The molecule has 1 rings (SSSR count). The van der Waals surface area contributed by atoms with Crippen LogP contribution in [-0.4, -0.2) is 19.8 Å². The lowest BCUT2D eigenvalue weighted by Gasteiger charge is -2.10. The molecule has 0 aliphatic rings. The number of carbonyl (C=O) groups excluding carboxylic acids is 1. The van der Waals surface area contributed by atoms with Crippen molar-refractivity contribution in [3.8, 4) is 0 Å². The van der Waals surface area contributed by atoms with E-state index in [0.29, 0.717) is 12.7 Å². The highest BCUT2D eigenvalue weighted by atomic mass is 19.1. The van der Waals surface area contributed by atoms with Gasteiger partial charge in [-0.25, -0.2) is 9.18 Å². The van der Waals surface area contributed by atoms with Gasteiger partial charge in [-0.1, -0.05) is 32.4 Å². The van der Waals surface area contributed by atoms with Gasteiger partial charge in [-0.2, -0.15) is 0 Å². The minimum absolute atomic E-state index is 0.266. The Bertz CT molecular complexity index is 346. The fourth-order valence-electron chi connectivity index (χ4n) is 1.07. The Labute approximate surface area is 113 Å². The molecule has 0 heterocycles. The molecule has 0 saturated carbocycles. The molecule has 19 heavy (non-hydrogen) atoms. The van der Waals surface area contributed by atoms with Gasteiger partial charge in [-0.3, -0.25) is 4.39 Å². The molecule has 0 aromatic heterocycles. The quantitative estimate of drug-likeness (QED) is 0.860. The number of alkyl halides is 1. The fraction of sp³-hybridized carbons (Fsp3) is 0.500. The highest BCUT2D eigenvalue weighted by Gasteiger charge is 2.16. The molecule has 0 aliphatic carbocycles. The largest absolute Gasteiger partial charge is 0.465 e. The zero-order valence-corrected chi connectivity index (χ0v) is 12.0. The smallest absolute Gasteiger partial charge is 0.327 e. The van der Waals surface area contributed by atoms with Gasteiger partial charge in [-0.05, 0) is 24.6 Å². The summed E-state index contributed by atoms with van der Waals surface area (Å²) in [5.41, 5.74) is 5.97. The standard InChI is InChI=1S/C10H12FNO2.C3H8.CH3F/c1-2-14-10(13)9(12)7-4-3-5-8(11)6-7;1-3-2;1-2/h3-6,9H,2,12H2,1H3;3H2,1-2H3;1H3. The second-order valence-electron chi connectivity index (χ2n) is 3.49. The molecule has 110 valence electrons. The number of rotatable bonds is 3. The summed E-state index contributed by atoms with van der Waals surface area (Å²) in [7, 11) is 0.500. The van der Waals surface area contributed by atoms with Crippen LogP contribution in [0.1, 0.15) is 38.8 Å². The average Bonchev–Trinajstić information content (AvgIpc) is 2.41. The van der Waals surface area contributed by atoms with Crippen LogP contribution >= 0.6 is 0 Å². The van der Waals surface area contributed by atoms with Gasteiger partial charge in [0.25, 0.3) is 0 Å². The molecule has 0 fully saturated rings. The zero-order valence-electron chi connectivity index (χ0n) is 12.0. The summed E-state index contributed by atoms with van der Waals surface area (Å²) in [4.78, 5) is 11.2. The summed E-state index contributed by atoms with van der Waals surface area (Å²) in [5, 5.41) is 0. The fourth-order valence-corrected chi connectivity index (χ4v) is 1.07. The molecule has 1 aromatic carbocycles. The summed E-state index contributed by atoms with van der Waals surface area (Å²) in [6.07, 6.45) is 1.25. The van der Waals surface area contributed by atoms with Gasteiger partial charge in [0.2, 0.25) is 0 Å². The third-order valence-electron chi connectivity index (χ3n) is 1.75. The van der Waals surface area contributed by atoms with Crippen molar-refractivity contribution in [1.82, 2.24) is 0 Å². The number of ether oxygens (including phenoxy) is 1. The first kappa shape index (κ1) is 19.8. The third kappa shape index (κ3) is 9.13. The van der Waals surface area contributed by atoms with Gasteiger partial charge in [0.15, 0.2) is 0 Å². The first-order valence-electron chi connectivity index (χ1n) is 6.12. The van der Waals surface area contributed by atoms with Gasteiger partial charge in [0.1, 0.15) is 11.9 Å². The van der Waals surface area contributed by atoms with Crippen LogP contribution in [0, 0.1) is 5.82 Å². The maximum absolute atomic E-state index is 12.8. The predicted molar refractivity (Wildman–Crippen MR) is 73.0 cm³/mol. The molecule has 0 saturated heterocycles. The number of carbonyl (C=O) groups is 1. The summed E-state index contributed by atoms with van der Waals surface area (Å²) in [6.45, 7) is 6.21. The number of benzene rings is 1. The van der Waals surface area contributed by atoms with E-state index in [9.17, 15) is 13.6 Å². The topological polar surface area (TPSA) is 52.3 Å². The molecule has 0 amide bonds. The van der Waals surface area contributed by atoms with E-state index in [1.165, 1.54) is 24.6 Å². The number of hydrogen-bond donors (Lipinski definition) is 1. The van der Waals surface area contributed by atoms with Gasteiger partial charge >= 0.3 is 5.97 Å². The van der Waals surface area contributed by atoms with Crippen LogP contribution in [0.4, 0.5) is 8.78 Å². The molecule has 1 unspecified atom stereocenters. The highest BCUT2D eigenvalue weighted by Crippen LogP contribution is 2.12. The normalized spacial score (nSPS) is 10.3. The minimum Gasteiger partial charge on any atom is -0.465 e. The monoisotopic (exact) mass is 275 g/mol. The van der Waals surface area contributed by atoms with E-state index in [1.54, 1.807) is 13.0 Å². The molecule has 0 radical (unpaired) electrons. The molecule has 0 aliphatic heterocycles. The Hall–Kier alpha value is -1.49. The molecule has 0 bridgehead atoms. The van der Waals surface area contributed by atoms with E-state index in [-0.39, 0.29) is 6.61 Å². The lowest BCUT2D eigenvalue weighted by molar-refractivity contribution is -0.144. The van der Waals surface area contributed by atoms with Crippen molar-refractivity contribution < 1.29 is 18.3 Å². The number of hydrogen-bond acceptors (Lipinski definition) is 3. The van der Waals surface area contributed by atoms with E-state index in [0.717, 1.165) is 0 Å². The first-order chi connectivity index (χ1) is 9.06. The SMILES string of the molecule is CCC.CCOC(=O)C(N)c1cccc(F)c1.CF. The number of esters is 1. The van der Waals surface area contributed by atoms with E-state index in [2.05, 4.69) is 13.8 Å². The van der Waals surface area contributed by atoms with Crippen LogP contribution in [0.5, 0.6) is 0 Å². The van der Waals surface area contributed by atoms with Gasteiger partial charge < -0.3 is 10.5 Å². The Kier molecular flexibility index (Phi) is 13.5. The number of halogens is 2. The van der Waals surface area contributed by atoms with Crippen LogP contribution in [0.15, 0.2) is 24.3 Å². The highest BCUT2D eigenvalue weighted by molar-refractivity contribution is 5.77. The maximum atomic E-state index is 12.8. The van der Waals surface area contributed by atoms with E-state index in [1.807, 2.05) is 0 Å². The molecule has 5 heteroatoms. The van der Waals surface area contributed by atoms with E-state index < -0.39 is 17.8 Å². The molecular formula is C14H23F2NO2. The first-order valence-corrected chi connectivity index (χ1v) is 6.12. The van der Waals surface area contributed by atoms with E-state index in [4.69, 9.17) is 10.5 Å². The molecular weight excluding hydrogens is 252 g/mol. The Balaban J connectivity index is 0. The van der Waals surface area contributed by atoms with Gasteiger partial charge in [-0.15, -0.1) is 0 Å². The summed E-state index contributed by atoms with van der Waals surface area (Å²) >= 11 is 0. The number of nitrogens with two attached hydrogens (primary N) is 1. The van der Waals surface area contributed by atoms with Crippen molar-refractivity contribution in [1.29, 1.82) is 0 Å². The second-order valence-corrected chi connectivity index (χ2v) is 3.49. The van der Waals surface area contributed by atoms with Crippen molar-refractivity contribution in [2.45, 2.75) is 33.2 Å². The van der Waals surface area contributed by atoms with Crippen molar-refractivity contribution in [2.24, 2.45) is 5.73 Å². The molecule has 1 aromatic rings. The van der Waals surface area contributed by atoms with Crippen molar-refractivity contribution in [2.75, 3.05) is 13.8 Å².